The van der Waals surface area contributed by atoms with E-state index in [9.17, 15) is 75.0 Å². The largest absolute Gasteiger partial charge is 0.394 e. The second-order valence-corrected chi connectivity index (χ2v) is 6.75. The van der Waals surface area contributed by atoms with E-state index in [1.807, 2.05) is 0 Å². The molecule has 0 aromatic carbocycles. The molecule has 0 saturated heterocycles. The van der Waals surface area contributed by atoms with E-state index in [0.717, 1.165) is 12.2 Å². The molecule has 0 saturated carbocycles. The Morgan fingerprint density at radius 3 is 1.27 bits per heavy atom. The minimum atomic E-state index is -8.64. The fourth-order valence-corrected chi connectivity index (χ4v) is 1.98. The van der Waals surface area contributed by atoms with Crippen molar-refractivity contribution in [3.63, 3.8) is 0 Å². The SMILES string of the molecule is CCC(CO)NC(=O)C(F)(F)C(F)(F)C(F)(F)C(F)(F)C(F)(F)C(F)(F)C(F)(F)C(F)(F)Cl. The van der Waals surface area contributed by atoms with Crippen LogP contribution >= 0.6 is 11.6 Å². The average molecular weight is 552 g/mol. The van der Waals surface area contributed by atoms with Crippen LogP contribution < -0.4 is 5.32 Å². The smallest absolute Gasteiger partial charge is 0.393 e. The van der Waals surface area contributed by atoms with Crippen molar-refractivity contribution in [1.82, 2.24) is 5.32 Å². The molecule has 0 rings (SSSR count). The molecular weight excluding hydrogens is 542 g/mol. The van der Waals surface area contributed by atoms with E-state index in [4.69, 9.17) is 5.11 Å². The molecule has 33 heavy (non-hydrogen) atoms. The first kappa shape index (κ1) is 31.6. The third-order valence-corrected chi connectivity index (χ3v) is 4.29. The predicted molar refractivity (Wildman–Crippen MR) is 74.7 cm³/mol. The Bertz CT molecular complexity index is 716. The first-order chi connectivity index (χ1) is 14.2. The van der Waals surface area contributed by atoms with E-state index < -0.39 is 71.8 Å². The highest BCUT2D eigenvalue weighted by atomic mass is 35.5. The second-order valence-electron chi connectivity index (χ2n) is 6.28. The van der Waals surface area contributed by atoms with Gasteiger partial charge in [0.05, 0.1) is 12.6 Å². The van der Waals surface area contributed by atoms with Gasteiger partial charge in [-0.05, 0) is 18.0 Å². The fourth-order valence-electron chi connectivity index (χ4n) is 1.86. The highest BCUT2D eigenvalue weighted by molar-refractivity contribution is 6.22. The average Bonchev–Trinajstić information content (AvgIpc) is 2.63. The van der Waals surface area contributed by atoms with Crippen LogP contribution in [0.3, 0.4) is 0 Å². The van der Waals surface area contributed by atoms with Crippen molar-refractivity contribution in [3.8, 4) is 0 Å². The summed E-state index contributed by atoms with van der Waals surface area (Å²) < 4.78 is 212. The van der Waals surface area contributed by atoms with Gasteiger partial charge in [0.15, 0.2) is 0 Å². The standard InChI is InChI=1S/C13H10ClF16NO2/c1-2-4(3-32)31-5(33)6(15,16)7(17,18)8(19,20)9(21,22)10(23,24)11(25,26)12(27,28)13(14,29)30/h4,32H,2-3H2,1H3,(H,31,33). The van der Waals surface area contributed by atoms with Crippen LogP contribution in [0.4, 0.5) is 70.2 Å². The molecule has 3 nitrogen and oxygen atoms in total. The molecule has 0 bridgehead atoms. The van der Waals surface area contributed by atoms with E-state index >= 15 is 0 Å². The van der Waals surface area contributed by atoms with Gasteiger partial charge in [-0.15, -0.1) is 0 Å². The molecule has 1 atom stereocenters. The lowest BCUT2D eigenvalue weighted by atomic mass is 9.89. The number of amides is 1. The Balaban J connectivity index is 6.67. The molecule has 0 spiro atoms. The van der Waals surface area contributed by atoms with Gasteiger partial charge in [0.2, 0.25) is 0 Å². The molecule has 1 amide bonds. The summed E-state index contributed by atoms with van der Waals surface area (Å²) in [6.45, 7) is -0.363. The van der Waals surface area contributed by atoms with E-state index in [-0.39, 0.29) is 0 Å². The molecule has 0 aliphatic heterocycles. The topological polar surface area (TPSA) is 49.3 Å². The number of hydrogen-bond acceptors (Lipinski definition) is 2. The maximum Gasteiger partial charge on any atom is 0.393 e. The number of rotatable bonds is 11. The van der Waals surface area contributed by atoms with E-state index in [2.05, 4.69) is 11.6 Å². The lowest BCUT2D eigenvalue weighted by molar-refractivity contribution is -0.446. The zero-order chi connectivity index (χ0) is 27.3. The maximum absolute atomic E-state index is 13.6. The molecule has 0 aliphatic carbocycles. The van der Waals surface area contributed by atoms with Gasteiger partial charge in [0.1, 0.15) is 0 Å². The fraction of sp³-hybridized carbons (Fsp3) is 0.923. The molecule has 198 valence electrons. The van der Waals surface area contributed by atoms with E-state index in [0.29, 0.717) is 0 Å². The normalized spacial score (nSPS) is 16.6. The monoisotopic (exact) mass is 551 g/mol. The zero-order valence-electron chi connectivity index (χ0n) is 15.3. The van der Waals surface area contributed by atoms with Crippen molar-refractivity contribution in [2.24, 2.45) is 0 Å². The lowest BCUT2D eigenvalue weighted by Crippen LogP contribution is -2.75. The lowest BCUT2D eigenvalue weighted by Gasteiger charge is -2.42. The van der Waals surface area contributed by atoms with Crippen molar-refractivity contribution in [2.45, 2.75) is 66.2 Å². The molecule has 20 heteroatoms. The van der Waals surface area contributed by atoms with Crippen molar-refractivity contribution in [1.29, 1.82) is 0 Å². The number of aliphatic hydroxyl groups is 1. The van der Waals surface area contributed by atoms with Crippen molar-refractivity contribution in [2.75, 3.05) is 6.61 Å². The molecule has 1 unspecified atom stereocenters. The van der Waals surface area contributed by atoms with Crippen molar-refractivity contribution < 1.29 is 80.1 Å². The number of halogens is 17. The minimum absolute atomic E-state index is 0.581. The number of hydrogen-bond donors (Lipinski definition) is 2. The van der Waals surface area contributed by atoms with E-state index in [1.54, 1.807) is 0 Å². The van der Waals surface area contributed by atoms with Crippen LogP contribution in [-0.4, -0.2) is 70.5 Å². The molecule has 2 N–H and O–H groups in total. The quantitative estimate of drug-likeness (QED) is 0.276. The van der Waals surface area contributed by atoms with Crippen LogP contribution in [-0.2, 0) is 4.79 Å². The van der Waals surface area contributed by atoms with Gasteiger partial charge in [-0.3, -0.25) is 4.79 Å². The summed E-state index contributed by atoms with van der Waals surface area (Å²) in [5, 5.41) is 2.50. The minimum Gasteiger partial charge on any atom is -0.394 e. The van der Waals surface area contributed by atoms with Crippen LogP contribution in [0.25, 0.3) is 0 Å². The molecule has 0 aromatic heterocycles. The van der Waals surface area contributed by atoms with Crippen LogP contribution in [0.15, 0.2) is 0 Å². The summed E-state index contributed by atoms with van der Waals surface area (Å²) in [5.41, 5.74) is 0. The van der Waals surface area contributed by atoms with Gasteiger partial charge >= 0.3 is 46.8 Å². The third-order valence-electron chi connectivity index (χ3n) is 4.06. The van der Waals surface area contributed by atoms with Gasteiger partial charge in [-0.2, -0.15) is 70.2 Å². The number of carbonyl (C=O) groups is 1. The molecule has 0 aromatic rings. The molecule has 0 fully saturated rings. The Kier molecular flexibility index (Phi) is 8.30. The maximum atomic E-state index is 13.6. The van der Waals surface area contributed by atoms with Crippen molar-refractivity contribution in [3.05, 3.63) is 0 Å². The van der Waals surface area contributed by atoms with Crippen LogP contribution in [0.2, 0.25) is 0 Å². The zero-order valence-corrected chi connectivity index (χ0v) is 16.0. The molecule has 0 aliphatic rings. The second kappa shape index (κ2) is 8.67. The third kappa shape index (κ3) is 4.38. The summed E-state index contributed by atoms with van der Waals surface area (Å²) in [7, 11) is 0. The first-order valence-electron chi connectivity index (χ1n) is 7.80. The number of carbonyl (C=O) groups excluding carboxylic acids is 1. The van der Waals surface area contributed by atoms with E-state index in [1.165, 1.54) is 0 Å². The van der Waals surface area contributed by atoms with Crippen LogP contribution in [0, 0.1) is 0 Å². The summed E-state index contributed by atoms with van der Waals surface area (Å²) in [6, 6.07) is -1.91. The summed E-state index contributed by atoms with van der Waals surface area (Å²) in [4.78, 5) is 11.1. The van der Waals surface area contributed by atoms with Crippen LogP contribution in [0.5, 0.6) is 0 Å². The summed E-state index contributed by atoms with van der Waals surface area (Å²) in [5.74, 6) is -60.6. The summed E-state index contributed by atoms with van der Waals surface area (Å²) in [6.07, 6.45) is -0.581. The number of alkyl halides is 17. The molecule has 0 radical (unpaired) electrons. The van der Waals surface area contributed by atoms with Gasteiger partial charge in [-0.25, -0.2) is 0 Å². The molecular formula is C13H10ClF16NO2. The Morgan fingerprint density at radius 1 is 0.697 bits per heavy atom. The van der Waals surface area contributed by atoms with Crippen molar-refractivity contribution >= 4 is 17.5 Å². The number of nitrogens with one attached hydrogen (secondary N) is 1. The Labute approximate surface area is 177 Å². The predicted octanol–water partition coefficient (Wildman–Crippen LogP) is 5.15. The number of aliphatic hydroxyl groups excluding tert-OH is 1. The highest BCUT2D eigenvalue weighted by Crippen LogP contribution is 2.64. The van der Waals surface area contributed by atoms with Gasteiger partial charge in [-0.1, -0.05) is 6.92 Å². The van der Waals surface area contributed by atoms with Gasteiger partial charge in [0.25, 0.3) is 5.91 Å². The molecule has 0 heterocycles. The first-order valence-corrected chi connectivity index (χ1v) is 8.17. The van der Waals surface area contributed by atoms with Gasteiger partial charge in [0, 0.05) is 0 Å². The van der Waals surface area contributed by atoms with Gasteiger partial charge < -0.3 is 10.4 Å². The summed E-state index contributed by atoms with van der Waals surface area (Å²) >= 11 is 3.39. The highest BCUT2D eigenvalue weighted by Gasteiger charge is 2.95. The Hall–Kier alpha value is -1.40. The Morgan fingerprint density at radius 2 is 1.00 bits per heavy atom. The van der Waals surface area contributed by atoms with Crippen LogP contribution in [0.1, 0.15) is 13.3 Å².